The Bertz CT molecular complexity index is 964. The van der Waals surface area contributed by atoms with Gasteiger partial charge in [-0.05, 0) is 37.8 Å². The van der Waals surface area contributed by atoms with Gasteiger partial charge in [-0.25, -0.2) is 4.98 Å². The van der Waals surface area contributed by atoms with Crippen molar-refractivity contribution in [2.45, 2.75) is 45.7 Å². The molecule has 0 aliphatic heterocycles. The highest BCUT2D eigenvalue weighted by Crippen LogP contribution is 2.28. The van der Waals surface area contributed by atoms with Crippen LogP contribution in [0.4, 0.5) is 5.69 Å². The lowest BCUT2D eigenvalue weighted by atomic mass is 9.98. The van der Waals surface area contributed by atoms with Crippen LogP contribution in [0.25, 0.3) is 5.65 Å². The number of carbonyl (C=O) groups is 1. The van der Waals surface area contributed by atoms with Crippen LogP contribution in [0.5, 0.6) is 0 Å². The normalized spacial score (nSPS) is 11.3. The van der Waals surface area contributed by atoms with Gasteiger partial charge in [0.15, 0.2) is 10.8 Å². The molecule has 3 rings (SSSR count). The minimum absolute atomic E-state index is 0.0549. The molecule has 0 saturated carbocycles. The number of fused-ring (bicyclic) bond motifs is 1. The van der Waals surface area contributed by atoms with Crippen LogP contribution in [0, 0.1) is 20.8 Å². The second-order valence-electron chi connectivity index (χ2n) is 6.65. The molecular weight excluding hydrogens is 346 g/mol. The van der Waals surface area contributed by atoms with E-state index in [4.69, 9.17) is 0 Å². The van der Waals surface area contributed by atoms with E-state index in [-0.39, 0.29) is 11.7 Å². The molecule has 136 valence electrons. The van der Waals surface area contributed by atoms with Gasteiger partial charge in [-0.1, -0.05) is 43.8 Å². The lowest BCUT2D eigenvalue weighted by Crippen LogP contribution is -2.17. The van der Waals surface area contributed by atoms with E-state index >= 15 is 0 Å². The highest BCUT2D eigenvalue weighted by molar-refractivity contribution is 7.99. The fourth-order valence-corrected chi connectivity index (χ4v) is 3.73. The molecule has 26 heavy (non-hydrogen) atoms. The van der Waals surface area contributed by atoms with E-state index < -0.39 is 0 Å². The van der Waals surface area contributed by atoms with Crippen molar-refractivity contribution in [2.24, 2.45) is 0 Å². The SMILES string of the molecule is Cc1cc2nnc(SCC(=O)Nc3c(C)cccc3C(C)C)n2c(C)n1. The fourth-order valence-electron chi connectivity index (χ4n) is 2.94. The third-order valence-electron chi connectivity index (χ3n) is 4.18. The van der Waals surface area contributed by atoms with Crippen LogP contribution >= 0.6 is 11.8 Å². The van der Waals surface area contributed by atoms with Crippen molar-refractivity contribution in [1.82, 2.24) is 19.6 Å². The summed E-state index contributed by atoms with van der Waals surface area (Å²) in [7, 11) is 0. The number of para-hydroxylation sites is 1. The van der Waals surface area contributed by atoms with Crippen molar-refractivity contribution < 1.29 is 4.79 Å². The Labute approximate surface area is 157 Å². The maximum Gasteiger partial charge on any atom is 0.234 e. The molecule has 0 spiro atoms. The molecule has 7 heteroatoms. The smallest absolute Gasteiger partial charge is 0.234 e. The predicted molar refractivity (Wildman–Crippen MR) is 105 cm³/mol. The minimum atomic E-state index is -0.0549. The van der Waals surface area contributed by atoms with Gasteiger partial charge in [0.05, 0.1) is 5.75 Å². The third kappa shape index (κ3) is 3.72. The number of aryl methyl sites for hydroxylation is 3. The second kappa shape index (κ2) is 7.45. The maximum absolute atomic E-state index is 12.5. The number of benzene rings is 1. The van der Waals surface area contributed by atoms with Crippen molar-refractivity contribution in [1.29, 1.82) is 0 Å². The zero-order chi connectivity index (χ0) is 18.8. The molecule has 1 N–H and O–H groups in total. The summed E-state index contributed by atoms with van der Waals surface area (Å²) in [6.45, 7) is 10.1. The number of anilines is 1. The molecule has 1 amide bonds. The molecule has 1 aromatic carbocycles. The molecule has 3 aromatic rings. The van der Waals surface area contributed by atoms with Crippen LogP contribution in [-0.2, 0) is 4.79 Å². The molecule has 6 nitrogen and oxygen atoms in total. The number of nitrogens with zero attached hydrogens (tertiary/aromatic N) is 4. The summed E-state index contributed by atoms with van der Waals surface area (Å²) in [6.07, 6.45) is 0. The Kier molecular flexibility index (Phi) is 5.27. The van der Waals surface area contributed by atoms with Gasteiger partial charge in [0.25, 0.3) is 0 Å². The second-order valence-corrected chi connectivity index (χ2v) is 7.59. The summed E-state index contributed by atoms with van der Waals surface area (Å²) in [5.74, 6) is 1.37. The van der Waals surface area contributed by atoms with Crippen LogP contribution in [0.2, 0.25) is 0 Å². The summed E-state index contributed by atoms with van der Waals surface area (Å²) >= 11 is 1.36. The van der Waals surface area contributed by atoms with Crippen LogP contribution in [0.3, 0.4) is 0 Å². The molecule has 0 radical (unpaired) electrons. The van der Waals surface area contributed by atoms with Gasteiger partial charge in [0.1, 0.15) is 5.82 Å². The molecule has 2 aromatic heterocycles. The Morgan fingerprint density at radius 2 is 2.00 bits per heavy atom. The quantitative estimate of drug-likeness (QED) is 0.691. The lowest BCUT2D eigenvalue weighted by Gasteiger charge is -2.16. The molecule has 2 heterocycles. The number of rotatable bonds is 5. The highest BCUT2D eigenvalue weighted by atomic mass is 32.2. The topological polar surface area (TPSA) is 72.2 Å². The molecule has 0 saturated heterocycles. The first kappa shape index (κ1) is 18.4. The molecular formula is C19H23N5OS. The first-order valence-electron chi connectivity index (χ1n) is 8.58. The Hall–Kier alpha value is -2.41. The number of hydrogen-bond donors (Lipinski definition) is 1. The van der Waals surface area contributed by atoms with Crippen molar-refractivity contribution >= 4 is 29.0 Å². The van der Waals surface area contributed by atoms with Crippen LogP contribution in [0.1, 0.15) is 42.4 Å². The summed E-state index contributed by atoms with van der Waals surface area (Å²) in [5, 5.41) is 12.1. The van der Waals surface area contributed by atoms with Gasteiger partial charge in [0, 0.05) is 17.4 Å². The Morgan fingerprint density at radius 1 is 1.23 bits per heavy atom. The molecule has 0 aliphatic carbocycles. The largest absolute Gasteiger partial charge is 0.325 e. The van der Waals surface area contributed by atoms with Crippen molar-refractivity contribution in [3.05, 3.63) is 46.9 Å². The van der Waals surface area contributed by atoms with E-state index in [1.54, 1.807) is 0 Å². The summed E-state index contributed by atoms with van der Waals surface area (Å²) in [6, 6.07) is 7.98. The number of carbonyl (C=O) groups excluding carboxylic acids is 1. The van der Waals surface area contributed by atoms with Crippen molar-refractivity contribution in [3.63, 3.8) is 0 Å². The van der Waals surface area contributed by atoms with E-state index in [2.05, 4.69) is 40.4 Å². The highest BCUT2D eigenvalue weighted by Gasteiger charge is 2.15. The van der Waals surface area contributed by atoms with Gasteiger partial charge in [-0.2, -0.15) is 0 Å². The number of amides is 1. The van der Waals surface area contributed by atoms with Gasteiger partial charge in [-0.3, -0.25) is 9.20 Å². The Balaban J connectivity index is 1.75. The van der Waals surface area contributed by atoms with Crippen LogP contribution < -0.4 is 5.32 Å². The Morgan fingerprint density at radius 3 is 2.73 bits per heavy atom. The van der Waals surface area contributed by atoms with Gasteiger partial charge >= 0.3 is 0 Å². The number of nitrogens with one attached hydrogen (secondary N) is 1. The average molecular weight is 369 g/mol. The zero-order valence-corrected chi connectivity index (χ0v) is 16.5. The standard InChI is InChI=1S/C19H23N5OS/c1-11(2)15-8-6-7-12(3)18(15)21-17(25)10-26-19-23-22-16-9-13(4)20-14(5)24(16)19/h6-9,11H,10H2,1-5H3,(H,21,25). The van der Waals surface area contributed by atoms with Crippen molar-refractivity contribution in [2.75, 3.05) is 11.1 Å². The minimum Gasteiger partial charge on any atom is -0.325 e. The zero-order valence-electron chi connectivity index (χ0n) is 15.7. The van der Waals surface area contributed by atoms with Gasteiger partial charge in [0.2, 0.25) is 5.91 Å². The van der Waals surface area contributed by atoms with Crippen LogP contribution in [-0.4, -0.2) is 31.2 Å². The number of hydrogen-bond acceptors (Lipinski definition) is 5. The molecule has 0 fully saturated rings. The molecule has 0 bridgehead atoms. The van der Waals surface area contributed by atoms with E-state index in [1.165, 1.54) is 11.8 Å². The average Bonchev–Trinajstić information content (AvgIpc) is 2.97. The number of thioether (sulfide) groups is 1. The van der Waals surface area contributed by atoms with Crippen molar-refractivity contribution in [3.8, 4) is 0 Å². The summed E-state index contributed by atoms with van der Waals surface area (Å²) < 4.78 is 1.87. The van der Waals surface area contributed by atoms with E-state index in [1.807, 2.05) is 43.4 Å². The van der Waals surface area contributed by atoms with Gasteiger partial charge < -0.3 is 5.32 Å². The van der Waals surface area contributed by atoms with E-state index in [0.29, 0.717) is 11.1 Å². The lowest BCUT2D eigenvalue weighted by molar-refractivity contribution is -0.113. The molecule has 0 unspecified atom stereocenters. The molecule has 0 atom stereocenters. The molecule has 0 aliphatic rings. The van der Waals surface area contributed by atoms with Crippen LogP contribution in [0.15, 0.2) is 29.4 Å². The van der Waals surface area contributed by atoms with E-state index in [9.17, 15) is 4.79 Å². The number of aromatic nitrogens is 4. The fraction of sp³-hybridized carbons (Fsp3) is 0.368. The maximum atomic E-state index is 12.5. The van der Waals surface area contributed by atoms with Gasteiger partial charge in [-0.15, -0.1) is 10.2 Å². The first-order chi connectivity index (χ1) is 12.4. The van der Waals surface area contributed by atoms with E-state index in [0.717, 1.165) is 34.0 Å². The third-order valence-corrected chi connectivity index (χ3v) is 5.11. The summed E-state index contributed by atoms with van der Waals surface area (Å²) in [5.41, 5.74) is 4.77. The summed E-state index contributed by atoms with van der Waals surface area (Å²) in [4.78, 5) is 16.9. The first-order valence-corrected chi connectivity index (χ1v) is 9.57. The predicted octanol–water partition coefficient (Wildman–Crippen LogP) is 3.90. The monoisotopic (exact) mass is 369 g/mol.